The van der Waals surface area contributed by atoms with Crippen molar-refractivity contribution in [2.45, 2.75) is 6.42 Å². The van der Waals surface area contributed by atoms with Crippen LogP contribution in [0.1, 0.15) is 11.5 Å². The molecule has 0 aliphatic rings. The van der Waals surface area contributed by atoms with E-state index in [2.05, 4.69) is 15.0 Å². The summed E-state index contributed by atoms with van der Waals surface area (Å²) in [6.45, 7) is 0. The van der Waals surface area contributed by atoms with E-state index in [9.17, 15) is 5.11 Å². The molecule has 0 saturated heterocycles. The number of hydrogen-bond donors (Lipinski definition) is 2. The minimum Gasteiger partial charge on any atom is -0.506 e. The van der Waals surface area contributed by atoms with E-state index < -0.39 is 0 Å². The third kappa shape index (κ3) is 1.66. The van der Waals surface area contributed by atoms with Crippen molar-refractivity contribution in [3.8, 4) is 5.75 Å². The molecule has 2 rings (SSSR count). The Labute approximate surface area is 75.3 Å². The molecule has 0 spiro atoms. The summed E-state index contributed by atoms with van der Waals surface area (Å²) in [5, 5.41) is 9.41. The van der Waals surface area contributed by atoms with Gasteiger partial charge in [0, 0.05) is 18.6 Å². The first-order chi connectivity index (χ1) is 6.36. The summed E-state index contributed by atoms with van der Waals surface area (Å²) in [5.74, 6) is 1.01. The average Bonchev–Trinajstić information content (AvgIpc) is 2.61. The monoisotopic (exact) mass is 175 g/mol. The van der Waals surface area contributed by atoms with Crippen LogP contribution in [0.15, 0.2) is 30.7 Å². The molecule has 2 aromatic rings. The number of aromatic amines is 1. The van der Waals surface area contributed by atoms with Crippen molar-refractivity contribution in [1.82, 2.24) is 15.0 Å². The Morgan fingerprint density at radius 2 is 2.23 bits per heavy atom. The molecule has 0 aliphatic heterocycles. The van der Waals surface area contributed by atoms with Gasteiger partial charge in [-0.15, -0.1) is 0 Å². The van der Waals surface area contributed by atoms with Gasteiger partial charge in [-0.25, -0.2) is 4.98 Å². The Balaban J connectivity index is 2.24. The predicted molar refractivity (Wildman–Crippen MR) is 47.3 cm³/mol. The fourth-order valence-electron chi connectivity index (χ4n) is 1.12. The van der Waals surface area contributed by atoms with Crippen molar-refractivity contribution in [3.63, 3.8) is 0 Å². The molecule has 2 heterocycles. The summed E-state index contributed by atoms with van der Waals surface area (Å²) in [7, 11) is 0. The second-order valence-electron chi connectivity index (χ2n) is 2.68. The Hall–Kier alpha value is -1.84. The summed E-state index contributed by atoms with van der Waals surface area (Å²) < 4.78 is 0. The molecule has 0 unspecified atom stereocenters. The van der Waals surface area contributed by atoms with Gasteiger partial charge in [0.25, 0.3) is 0 Å². The standard InChI is InChI=1S/C9H9N3O/c13-8-2-1-3-10-7(8)6-9-11-4-5-12-9/h1-5,13H,6H2,(H,11,12). The van der Waals surface area contributed by atoms with Gasteiger partial charge < -0.3 is 10.1 Å². The van der Waals surface area contributed by atoms with Gasteiger partial charge in [0.1, 0.15) is 11.6 Å². The van der Waals surface area contributed by atoms with Gasteiger partial charge in [-0.3, -0.25) is 4.98 Å². The first-order valence-electron chi connectivity index (χ1n) is 3.97. The minimum absolute atomic E-state index is 0.207. The summed E-state index contributed by atoms with van der Waals surface area (Å²) in [4.78, 5) is 11.0. The molecule has 4 heteroatoms. The third-order valence-electron chi connectivity index (χ3n) is 1.76. The quantitative estimate of drug-likeness (QED) is 0.718. The van der Waals surface area contributed by atoms with Crippen molar-refractivity contribution in [1.29, 1.82) is 0 Å². The van der Waals surface area contributed by atoms with Gasteiger partial charge in [-0.05, 0) is 12.1 Å². The number of aromatic nitrogens is 3. The van der Waals surface area contributed by atoms with Crippen LogP contribution in [0.5, 0.6) is 5.75 Å². The highest BCUT2D eigenvalue weighted by Crippen LogP contribution is 2.14. The van der Waals surface area contributed by atoms with Crippen LogP contribution in [0.2, 0.25) is 0 Å². The average molecular weight is 175 g/mol. The Morgan fingerprint density at radius 1 is 1.31 bits per heavy atom. The highest BCUT2D eigenvalue weighted by Gasteiger charge is 2.03. The zero-order valence-corrected chi connectivity index (χ0v) is 6.94. The lowest BCUT2D eigenvalue weighted by atomic mass is 10.2. The molecule has 0 aromatic carbocycles. The van der Waals surface area contributed by atoms with Crippen LogP contribution in [-0.4, -0.2) is 20.1 Å². The van der Waals surface area contributed by atoms with Crippen molar-refractivity contribution >= 4 is 0 Å². The number of pyridine rings is 1. The molecule has 0 radical (unpaired) electrons. The third-order valence-corrected chi connectivity index (χ3v) is 1.76. The molecule has 0 atom stereocenters. The second-order valence-corrected chi connectivity index (χ2v) is 2.68. The Kier molecular flexibility index (Phi) is 1.96. The van der Waals surface area contributed by atoms with E-state index in [0.717, 1.165) is 5.82 Å². The number of rotatable bonds is 2. The van der Waals surface area contributed by atoms with Gasteiger partial charge in [-0.2, -0.15) is 0 Å². The van der Waals surface area contributed by atoms with Crippen molar-refractivity contribution in [2.75, 3.05) is 0 Å². The number of imidazole rings is 1. The van der Waals surface area contributed by atoms with E-state index in [0.29, 0.717) is 12.1 Å². The number of nitrogens with zero attached hydrogens (tertiary/aromatic N) is 2. The fourth-order valence-corrected chi connectivity index (χ4v) is 1.12. The van der Waals surface area contributed by atoms with Crippen LogP contribution in [-0.2, 0) is 6.42 Å². The molecule has 13 heavy (non-hydrogen) atoms. The second kappa shape index (κ2) is 3.26. The molecule has 4 nitrogen and oxygen atoms in total. The van der Waals surface area contributed by atoms with E-state index in [4.69, 9.17) is 0 Å². The summed E-state index contributed by atoms with van der Waals surface area (Å²) in [6, 6.07) is 3.31. The number of aromatic hydroxyl groups is 1. The molecule has 0 fully saturated rings. The Morgan fingerprint density at radius 3 is 2.92 bits per heavy atom. The summed E-state index contributed by atoms with van der Waals surface area (Å²) in [5.41, 5.74) is 0.637. The van der Waals surface area contributed by atoms with E-state index >= 15 is 0 Å². The van der Waals surface area contributed by atoms with Gasteiger partial charge in [0.05, 0.1) is 12.1 Å². The topological polar surface area (TPSA) is 61.8 Å². The van der Waals surface area contributed by atoms with Crippen molar-refractivity contribution < 1.29 is 5.11 Å². The molecule has 2 aromatic heterocycles. The molecular weight excluding hydrogens is 166 g/mol. The molecule has 0 saturated carbocycles. The molecule has 66 valence electrons. The molecule has 2 N–H and O–H groups in total. The van der Waals surface area contributed by atoms with E-state index in [1.54, 1.807) is 30.7 Å². The highest BCUT2D eigenvalue weighted by molar-refractivity contribution is 5.27. The van der Waals surface area contributed by atoms with Crippen LogP contribution < -0.4 is 0 Å². The maximum atomic E-state index is 9.41. The van der Waals surface area contributed by atoms with Crippen molar-refractivity contribution in [3.05, 3.63) is 42.2 Å². The molecular formula is C9H9N3O. The molecule has 0 aliphatic carbocycles. The maximum Gasteiger partial charge on any atom is 0.137 e. The van der Waals surface area contributed by atoms with Gasteiger partial charge >= 0.3 is 0 Å². The summed E-state index contributed by atoms with van der Waals surface area (Å²) in [6.07, 6.45) is 5.60. The predicted octanol–water partition coefficient (Wildman–Crippen LogP) is 1.10. The van der Waals surface area contributed by atoms with Crippen LogP contribution in [0.25, 0.3) is 0 Å². The number of nitrogens with one attached hydrogen (secondary N) is 1. The van der Waals surface area contributed by atoms with Gasteiger partial charge in [0.15, 0.2) is 0 Å². The normalized spacial score (nSPS) is 10.2. The molecule has 0 amide bonds. The van der Waals surface area contributed by atoms with E-state index in [-0.39, 0.29) is 5.75 Å². The number of H-pyrrole nitrogens is 1. The van der Waals surface area contributed by atoms with Crippen LogP contribution in [0.4, 0.5) is 0 Å². The van der Waals surface area contributed by atoms with E-state index in [1.165, 1.54) is 0 Å². The highest BCUT2D eigenvalue weighted by atomic mass is 16.3. The minimum atomic E-state index is 0.207. The first-order valence-corrected chi connectivity index (χ1v) is 3.97. The van der Waals surface area contributed by atoms with Crippen molar-refractivity contribution in [2.24, 2.45) is 0 Å². The number of hydrogen-bond acceptors (Lipinski definition) is 3. The largest absolute Gasteiger partial charge is 0.506 e. The van der Waals surface area contributed by atoms with Crippen LogP contribution >= 0.6 is 0 Å². The maximum absolute atomic E-state index is 9.41. The lowest BCUT2D eigenvalue weighted by Crippen LogP contribution is -1.93. The van der Waals surface area contributed by atoms with Gasteiger partial charge in [-0.1, -0.05) is 0 Å². The van der Waals surface area contributed by atoms with E-state index in [1.807, 2.05) is 0 Å². The SMILES string of the molecule is Oc1cccnc1Cc1ncc[nH]1. The van der Waals surface area contributed by atoms with Crippen LogP contribution in [0, 0.1) is 0 Å². The lowest BCUT2D eigenvalue weighted by molar-refractivity contribution is 0.465. The fraction of sp³-hybridized carbons (Fsp3) is 0.111. The first kappa shape index (κ1) is 7.79. The van der Waals surface area contributed by atoms with Gasteiger partial charge in [0.2, 0.25) is 0 Å². The zero-order valence-electron chi connectivity index (χ0n) is 6.94. The molecule has 0 bridgehead atoms. The smallest absolute Gasteiger partial charge is 0.137 e. The zero-order chi connectivity index (χ0) is 9.10. The Bertz CT molecular complexity index is 384. The summed E-state index contributed by atoms with van der Waals surface area (Å²) >= 11 is 0. The van der Waals surface area contributed by atoms with Crippen LogP contribution in [0.3, 0.4) is 0 Å². The lowest BCUT2D eigenvalue weighted by Gasteiger charge is -1.99.